The Morgan fingerprint density at radius 1 is 0.968 bits per heavy atom. The van der Waals surface area contributed by atoms with E-state index in [-0.39, 0.29) is 18.0 Å². The summed E-state index contributed by atoms with van der Waals surface area (Å²) in [6, 6.07) is 0. The van der Waals surface area contributed by atoms with Crippen LogP contribution in [-0.2, 0) is 19.1 Å². The first-order chi connectivity index (χ1) is 14.7. The van der Waals surface area contributed by atoms with Crippen molar-refractivity contribution in [3.05, 3.63) is 0 Å². The summed E-state index contributed by atoms with van der Waals surface area (Å²) in [7, 11) is 1.50. The Morgan fingerprint density at radius 2 is 1.68 bits per heavy atom. The van der Waals surface area contributed by atoms with Crippen LogP contribution in [0, 0.1) is 46.3 Å². The molecule has 31 heavy (non-hydrogen) atoms. The van der Waals surface area contributed by atoms with Gasteiger partial charge in [-0.3, -0.25) is 9.59 Å². The lowest BCUT2D eigenvalue weighted by molar-refractivity contribution is -0.160. The Balaban J connectivity index is 1.45. The van der Waals surface area contributed by atoms with E-state index in [2.05, 4.69) is 20.8 Å². The molecule has 0 spiro atoms. The topological polar surface area (TPSA) is 52.6 Å². The van der Waals surface area contributed by atoms with Gasteiger partial charge in [-0.05, 0) is 111 Å². The Labute approximate surface area is 189 Å². The average molecular weight is 433 g/mol. The minimum absolute atomic E-state index is 0.0640. The fourth-order valence-corrected chi connectivity index (χ4v) is 9.18. The number of ether oxygens (including phenoxy) is 2. The first-order valence-corrected chi connectivity index (χ1v) is 12.9. The molecule has 0 bridgehead atoms. The smallest absolute Gasteiger partial charge is 0.305 e. The van der Waals surface area contributed by atoms with Crippen molar-refractivity contribution in [1.82, 2.24) is 0 Å². The number of methoxy groups -OCH3 is 1. The van der Waals surface area contributed by atoms with E-state index in [1.165, 1.54) is 52.1 Å². The summed E-state index contributed by atoms with van der Waals surface area (Å²) < 4.78 is 10.5. The quantitative estimate of drug-likeness (QED) is 0.488. The van der Waals surface area contributed by atoms with Crippen LogP contribution in [-0.4, -0.2) is 25.2 Å². The van der Waals surface area contributed by atoms with Crippen LogP contribution in [0.3, 0.4) is 0 Å². The monoisotopic (exact) mass is 432 g/mol. The van der Waals surface area contributed by atoms with Crippen molar-refractivity contribution in [2.75, 3.05) is 7.11 Å². The number of hydrogen-bond acceptors (Lipinski definition) is 4. The van der Waals surface area contributed by atoms with Crippen molar-refractivity contribution in [2.24, 2.45) is 46.3 Å². The van der Waals surface area contributed by atoms with Gasteiger partial charge in [0.2, 0.25) is 0 Å². The van der Waals surface area contributed by atoms with Crippen molar-refractivity contribution in [1.29, 1.82) is 0 Å². The van der Waals surface area contributed by atoms with Gasteiger partial charge in [0.05, 0.1) is 7.11 Å². The highest BCUT2D eigenvalue weighted by atomic mass is 16.5. The number of fused-ring (bicyclic) bond motifs is 5. The number of hydrogen-bond donors (Lipinski definition) is 0. The molecule has 0 amide bonds. The molecule has 0 saturated heterocycles. The summed E-state index contributed by atoms with van der Waals surface area (Å²) in [5.41, 5.74) is 0.865. The first-order valence-electron chi connectivity index (χ1n) is 12.9. The third-order valence-electron chi connectivity index (χ3n) is 10.7. The van der Waals surface area contributed by atoms with Crippen molar-refractivity contribution < 1.29 is 19.1 Å². The molecule has 0 aromatic carbocycles. The van der Waals surface area contributed by atoms with Crippen LogP contribution in [0.15, 0.2) is 0 Å². The summed E-state index contributed by atoms with van der Waals surface area (Å²) in [5, 5.41) is 0. The highest BCUT2D eigenvalue weighted by molar-refractivity contribution is 5.69. The van der Waals surface area contributed by atoms with Gasteiger partial charge in [-0.1, -0.05) is 20.8 Å². The predicted molar refractivity (Wildman–Crippen MR) is 121 cm³/mol. The van der Waals surface area contributed by atoms with Gasteiger partial charge in [-0.15, -0.1) is 0 Å². The molecule has 0 aromatic heterocycles. The molecule has 4 saturated carbocycles. The van der Waals surface area contributed by atoms with Crippen LogP contribution in [0.5, 0.6) is 0 Å². The lowest BCUT2D eigenvalue weighted by atomic mass is 9.44. The second-order valence-electron chi connectivity index (χ2n) is 12.0. The van der Waals surface area contributed by atoms with Crippen LogP contribution in [0.25, 0.3) is 0 Å². The number of carbonyl (C=O) groups excluding carboxylic acids is 2. The highest BCUT2D eigenvalue weighted by Gasteiger charge is 2.60. The van der Waals surface area contributed by atoms with E-state index in [1.54, 1.807) is 6.92 Å². The van der Waals surface area contributed by atoms with E-state index in [0.717, 1.165) is 42.9 Å². The first kappa shape index (κ1) is 23.1. The molecule has 0 radical (unpaired) electrons. The predicted octanol–water partition coefficient (Wildman–Crippen LogP) is 6.17. The number of carbonyl (C=O) groups is 2. The van der Waals surface area contributed by atoms with Crippen molar-refractivity contribution in [2.45, 2.75) is 104 Å². The third kappa shape index (κ3) is 4.06. The van der Waals surface area contributed by atoms with Gasteiger partial charge in [0.15, 0.2) is 0 Å². The molecule has 0 aromatic rings. The van der Waals surface area contributed by atoms with Gasteiger partial charge in [0, 0.05) is 13.3 Å². The highest BCUT2D eigenvalue weighted by Crippen LogP contribution is 2.68. The number of esters is 2. The summed E-state index contributed by atoms with van der Waals surface area (Å²) in [6.07, 6.45) is 13.1. The molecule has 0 aliphatic heterocycles. The average Bonchev–Trinajstić information content (AvgIpc) is 3.09. The second-order valence-corrected chi connectivity index (χ2v) is 12.0. The molecular formula is C27H44O4. The van der Waals surface area contributed by atoms with Crippen molar-refractivity contribution >= 4 is 11.9 Å². The summed E-state index contributed by atoms with van der Waals surface area (Å²) in [4.78, 5) is 23.2. The van der Waals surface area contributed by atoms with E-state index in [0.29, 0.717) is 29.1 Å². The van der Waals surface area contributed by atoms with Gasteiger partial charge in [-0.25, -0.2) is 0 Å². The Morgan fingerprint density at radius 3 is 2.39 bits per heavy atom. The minimum Gasteiger partial charge on any atom is -0.469 e. The molecule has 176 valence electrons. The van der Waals surface area contributed by atoms with E-state index in [9.17, 15) is 9.59 Å². The molecule has 4 heteroatoms. The summed E-state index contributed by atoms with van der Waals surface area (Å²) >= 11 is 0. The molecule has 4 fully saturated rings. The van der Waals surface area contributed by atoms with E-state index in [4.69, 9.17) is 9.47 Å². The zero-order chi connectivity index (χ0) is 22.4. The van der Waals surface area contributed by atoms with Crippen LogP contribution in [0.2, 0.25) is 0 Å². The number of rotatable bonds is 5. The van der Waals surface area contributed by atoms with E-state index >= 15 is 0 Å². The minimum atomic E-state index is -0.117. The molecule has 0 heterocycles. The van der Waals surface area contributed by atoms with Crippen molar-refractivity contribution in [3.63, 3.8) is 0 Å². The van der Waals surface area contributed by atoms with Crippen molar-refractivity contribution in [3.8, 4) is 0 Å². The van der Waals surface area contributed by atoms with E-state index in [1.807, 2.05) is 0 Å². The van der Waals surface area contributed by atoms with Crippen LogP contribution < -0.4 is 0 Å². The van der Waals surface area contributed by atoms with Gasteiger partial charge in [0.25, 0.3) is 0 Å². The lowest BCUT2D eigenvalue weighted by Crippen LogP contribution is -2.54. The van der Waals surface area contributed by atoms with Crippen LogP contribution in [0.4, 0.5) is 0 Å². The Hall–Kier alpha value is -1.06. The molecule has 4 nitrogen and oxygen atoms in total. The SMILES string of the molecule is COC(=O)CC[C@@H](C)[C@H]1CC[C@H]2[C@@H]3CC[C@@H]4C[C@@H](OC(C)=O)CC[C@]4(C)[C@H]3CC[C@]12C. The van der Waals surface area contributed by atoms with Gasteiger partial charge < -0.3 is 9.47 Å². The molecule has 0 N–H and O–H groups in total. The van der Waals surface area contributed by atoms with Gasteiger partial charge >= 0.3 is 11.9 Å². The molecule has 4 aliphatic carbocycles. The van der Waals surface area contributed by atoms with Crippen LogP contribution in [0.1, 0.15) is 98.3 Å². The maximum Gasteiger partial charge on any atom is 0.305 e. The molecular weight excluding hydrogens is 388 g/mol. The maximum atomic E-state index is 11.7. The zero-order valence-corrected chi connectivity index (χ0v) is 20.5. The zero-order valence-electron chi connectivity index (χ0n) is 20.5. The Kier molecular flexibility index (Phi) is 6.49. The molecule has 4 rings (SSSR count). The molecule has 4 aliphatic rings. The normalized spacial score (nSPS) is 45.1. The summed E-state index contributed by atoms with van der Waals surface area (Å²) in [6.45, 7) is 9.09. The summed E-state index contributed by atoms with van der Waals surface area (Å²) in [5.74, 6) is 4.42. The fourth-order valence-electron chi connectivity index (χ4n) is 9.18. The van der Waals surface area contributed by atoms with Gasteiger partial charge in [0.1, 0.15) is 6.10 Å². The van der Waals surface area contributed by atoms with E-state index < -0.39 is 0 Å². The maximum absolute atomic E-state index is 11.7. The van der Waals surface area contributed by atoms with Crippen LogP contribution >= 0.6 is 0 Å². The second kappa shape index (κ2) is 8.71. The molecule has 9 atom stereocenters. The Bertz CT molecular complexity index is 689. The third-order valence-corrected chi connectivity index (χ3v) is 10.7. The molecule has 0 unspecified atom stereocenters. The largest absolute Gasteiger partial charge is 0.469 e. The standard InChI is InChI=1S/C27H44O4/c1-17(6-11-25(29)30-5)22-9-10-23-21-8-7-19-16-20(31-18(2)28)12-14-26(19,3)24(21)13-15-27(22,23)4/h17,19-24H,6-16H2,1-5H3/t17-,19-,20+,21+,22-,23+,24+,26+,27-/m1/s1. The fraction of sp³-hybridized carbons (Fsp3) is 0.926. The van der Waals surface area contributed by atoms with Gasteiger partial charge in [-0.2, -0.15) is 0 Å². The lowest BCUT2D eigenvalue weighted by Gasteiger charge is -2.61.